The van der Waals surface area contributed by atoms with Crippen molar-refractivity contribution in [2.24, 2.45) is 0 Å². The van der Waals surface area contributed by atoms with Gasteiger partial charge in [-0.2, -0.15) is 0 Å². The summed E-state index contributed by atoms with van der Waals surface area (Å²) in [6.45, 7) is 1.56. The number of benzene rings is 3. The molecule has 0 spiro atoms. The van der Waals surface area contributed by atoms with E-state index in [1.165, 1.54) is 0 Å². The zero-order valence-electron chi connectivity index (χ0n) is 14.9. The SMILES string of the molecule is C[C@@H](Nc1ccc(Oc2ccccc2)cc1)C(=O)Nc1ccc(F)c(F)c1F. The van der Waals surface area contributed by atoms with Gasteiger partial charge in [-0.3, -0.25) is 4.79 Å². The molecule has 1 amide bonds. The van der Waals surface area contributed by atoms with Crippen LogP contribution in [0.2, 0.25) is 0 Å². The molecule has 7 heteroatoms. The Morgan fingerprint density at radius 3 is 2.18 bits per heavy atom. The maximum atomic E-state index is 13.7. The van der Waals surface area contributed by atoms with E-state index in [9.17, 15) is 18.0 Å². The van der Waals surface area contributed by atoms with E-state index in [1.807, 2.05) is 30.3 Å². The molecule has 4 nitrogen and oxygen atoms in total. The summed E-state index contributed by atoms with van der Waals surface area (Å²) >= 11 is 0. The van der Waals surface area contributed by atoms with E-state index < -0.39 is 35.1 Å². The van der Waals surface area contributed by atoms with Crippen molar-refractivity contribution in [3.05, 3.63) is 84.2 Å². The van der Waals surface area contributed by atoms with Crippen LogP contribution in [-0.2, 0) is 4.79 Å². The number of amides is 1. The summed E-state index contributed by atoms with van der Waals surface area (Å²) in [5, 5.41) is 5.18. The van der Waals surface area contributed by atoms with Gasteiger partial charge in [-0.25, -0.2) is 13.2 Å². The number of nitrogens with one attached hydrogen (secondary N) is 2. The van der Waals surface area contributed by atoms with E-state index in [0.717, 1.165) is 12.1 Å². The molecule has 2 N–H and O–H groups in total. The first kappa shape index (κ1) is 19.3. The second-order valence-electron chi connectivity index (χ2n) is 6.02. The first-order valence-corrected chi connectivity index (χ1v) is 8.48. The van der Waals surface area contributed by atoms with E-state index in [1.54, 1.807) is 31.2 Å². The standard InChI is InChI=1S/C21H17F3N2O2/c1-13(21(27)26-18-12-11-17(22)19(23)20(18)24)25-14-7-9-16(10-8-14)28-15-5-3-2-4-6-15/h2-13,25H,1H3,(H,26,27)/t13-/m1/s1. The second kappa shape index (κ2) is 8.47. The molecule has 3 aromatic carbocycles. The summed E-state index contributed by atoms with van der Waals surface area (Å²) < 4.78 is 45.6. The van der Waals surface area contributed by atoms with E-state index in [-0.39, 0.29) is 0 Å². The summed E-state index contributed by atoms with van der Waals surface area (Å²) in [7, 11) is 0. The Balaban J connectivity index is 1.60. The molecular formula is C21H17F3N2O2. The third-order valence-corrected chi connectivity index (χ3v) is 3.90. The van der Waals surface area contributed by atoms with Crippen LogP contribution in [0.1, 0.15) is 6.92 Å². The fourth-order valence-corrected chi connectivity index (χ4v) is 2.42. The first-order chi connectivity index (χ1) is 13.4. The lowest BCUT2D eigenvalue weighted by Crippen LogP contribution is -2.32. The smallest absolute Gasteiger partial charge is 0.246 e. The summed E-state index contributed by atoms with van der Waals surface area (Å²) in [4.78, 5) is 12.2. The van der Waals surface area contributed by atoms with Crippen molar-refractivity contribution in [1.29, 1.82) is 0 Å². The number of ether oxygens (including phenoxy) is 1. The fraction of sp³-hybridized carbons (Fsp3) is 0.0952. The van der Waals surface area contributed by atoms with Crippen LogP contribution in [0.3, 0.4) is 0 Å². The van der Waals surface area contributed by atoms with Crippen LogP contribution in [0.5, 0.6) is 11.5 Å². The maximum absolute atomic E-state index is 13.7. The third kappa shape index (κ3) is 4.62. The fourth-order valence-electron chi connectivity index (χ4n) is 2.42. The third-order valence-electron chi connectivity index (χ3n) is 3.90. The van der Waals surface area contributed by atoms with Crippen molar-refractivity contribution in [2.75, 3.05) is 10.6 Å². The van der Waals surface area contributed by atoms with Gasteiger partial charge in [-0.15, -0.1) is 0 Å². The van der Waals surface area contributed by atoms with Crippen molar-refractivity contribution in [2.45, 2.75) is 13.0 Å². The average molecular weight is 386 g/mol. The highest BCUT2D eigenvalue weighted by Gasteiger charge is 2.18. The highest BCUT2D eigenvalue weighted by Crippen LogP contribution is 2.23. The zero-order chi connectivity index (χ0) is 20.1. The summed E-state index contributed by atoms with van der Waals surface area (Å²) in [6, 6.07) is 17.1. The normalized spacial score (nSPS) is 11.6. The van der Waals surface area contributed by atoms with Gasteiger partial charge >= 0.3 is 0 Å². The monoisotopic (exact) mass is 386 g/mol. The van der Waals surface area contributed by atoms with Gasteiger partial charge in [0.1, 0.15) is 17.5 Å². The van der Waals surface area contributed by atoms with E-state index >= 15 is 0 Å². The predicted molar refractivity (Wildman–Crippen MR) is 101 cm³/mol. The van der Waals surface area contributed by atoms with Gasteiger partial charge in [0.2, 0.25) is 5.91 Å². The Kier molecular flexibility index (Phi) is 5.84. The number of halogens is 3. The van der Waals surface area contributed by atoms with Crippen molar-refractivity contribution >= 4 is 17.3 Å². The zero-order valence-corrected chi connectivity index (χ0v) is 14.9. The molecule has 0 aliphatic rings. The van der Waals surface area contributed by atoms with Crippen LogP contribution in [0.25, 0.3) is 0 Å². The van der Waals surface area contributed by atoms with Gasteiger partial charge in [-0.05, 0) is 55.5 Å². The van der Waals surface area contributed by atoms with Gasteiger partial charge in [0.25, 0.3) is 0 Å². The van der Waals surface area contributed by atoms with Crippen molar-refractivity contribution in [1.82, 2.24) is 0 Å². The number of anilines is 2. The van der Waals surface area contributed by atoms with E-state index in [0.29, 0.717) is 17.2 Å². The molecule has 0 fully saturated rings. The topological polar surface area (TPSA) is 50.4 Å². The molecule has 0 saturated heterocycles. The van der Waals surface area contributed by atoms with Gasteiger partial charge in [0.15, 0.2) is 17.5 Å². The molecule has 1 atom stereocenters. The Labute approximate surface area is 160 Å². The minimum atomic E-state index is -1.63. The Hall–Kier alpha value is -3.48. The van der Waals surface area contributed by atoms with Crippen LogP contribution < -0.4 is 15.4 Å². The molecule has 0 bridgehead atoms. The molecule has 3 rings (SSSR count). The number of hydrogen-bond acceptors (Lipinski definition) is 3. The highest BCUT2D eigenvalue weighted by molar-refractivity contribution is 5.96. The first-order valence-electron chi connectivity index (χ1n) is 8.48. The van der Waals surface area contributed by atoms with Crippen molar-refractivity contribution < 1.29 is 22.7 Å². The summed E-state index contributed by atoms with van der Waals surface area (Å²) in [5.41, 5.74) is 0.206. The molecule has 3 aromatic rings. The predicted octanol–water partition coefficient (Wildman–Crippen LogP) is 5.34. The number of rotatable bonds is 6. The lowest BCUT2D eigenvalue weighted by Gasteiger charge is -2.16. The summed E-state index contributed by atoms with van der Waals surface area (Å²) in [5.74, 6) is -3.67. The Morgan fingerprint density at radius 1 is 0.857 bits per heavy atom. The average Bonchev–Trinajstić information content (AvgIpc) is 2.70. The van der Waals surface area contributed by atoms with E-state index in [2.05, 4.69) is 10.6 Å². The van der Waals surface area contributed by atoms with E-state index in [4.69, 9.17) is 4.74 Å². The maximum Gasteiger partial charge on any atom is 0.246 e. The van der Waals surface area contributed by atoms with Crippen LogP contribution >= 0.6 is 0 Å². The molecule has 0 radical (unpaired) electrons. The number of para-hydroxylation sites is 1. The van der Waals surface area contributed by atoms with Gasteiger partial charge in [0.05, 0.1) is 5.69 Å². The molecule has 0 aliphatic heterocycles. The van der Waals surface area contributed by atoms with Gasteiger partial charge in [0, 0.05) is 5.69 Å². The summed E-state index contributed by atoms with van der Waals surface area (Å²) in [6.07, 6.45) is 0. The molecule has 0 unspecified atom stereocenters. The van der Waals surface area contributed by atoms with Crippen LogP contribution in [0.4, 0.5) is 24.5 Å². The molecule has 144 valence electrons. The van der Waals surface area contributed by atoms with Crippen molar-refractivity contribution in [3.63, 3.8) is 0 Å². The largest absolute Gasteiger partial charge is 0.457 e. The van der Waals surface area contributed by atoms with Crippen molar-refractivity contribution in [3.8, 4) is 11.5 Å². The Bertz CT molecular complexity index is 963. The minimum Gasteiger partial charge on any atom is -0.457 e. The quantitative estimate of drug-likeness (QED) is 0.563. The van der Waals surface area contributed by atoms with Crippen LogP contribution in [0.15, 0.2) is 66.7 Å². The van der Waals surface area contributed by atoms with Gasteiger partial charge < -0.3 is 15.4 Å². The second-order valence-corrected chi connectivity index (χ2v) is 6.02. The molecule has 28 heavy (non-hydrogen) atoms. The molecule has 0 aliphatic carbocycles. The number of carbonyl (C=O) groups is 1. The lowest BCUT2D eigenvalue weighted by molar-refractivity contribution is -0.116. The number of carbonyl (C=O) groups excluding carboxylic acids is 1. The molecule has 0 saturated carbocycles. The molecule has 0 aromatic heterocycles. The lowest BCUT2D eigenvalue weighted by atomic mass is 10.2. The Morgan fingerprint density at radius 2 is 1.50 bits per heavy atom. The minimum absolute atomic E-state index is 0.427. The van der Waals surface area contributed by atoms with Gasteiger partial charge in [-0.1, -0.05) is 18.2 Å². The highest BCUT2D eigenvalue weighted by atomic mass is 19.2. The van der Waals surface area contributed by atoms with Crippen LogP contribution in [0, 0.1) is 17.5 Å². The molecular weight excluding hydrogens is 369 g/mol. The van der Waals surface area contributed by atoms with Crippen LogP contribution in [-0.4, -0.2) is 11.9 Å². The number of hydrogen-bond donors (Lipinski definition) is 2. The molecule has 0 heterocycles.